The summed E-state index contributed by atoms with van der Waals surface area (Å²) in [5.74, 6) is 1.09. The van der Waals surface area contributed by atoms with Crippen LogP contribution in [0.25, 0.3) is 17.0 Å². The van der Waals surface area contributed by atoms with Crippen molar-refractivity contribution in [2.75, 3.05) is 21.3 Å². The van der Waals surface area contributed by atoms with Gasteiger partial charge < -0.3 is 23.7 Å². The van der Waals surface area contributed by atoms with Crippen LogP contribution in [0.3, 0.4) is 0 Å². The second-order valence-electron chi connectivity index (χ2n) is 5.47. The molecule has 0 radical (unpaired) electrons. The van der Waals surface area contributed by atoms with Gasteiger partial charge in [-0.05, 0) is 30.4 Å². The molecule has 0 aliphatic rings. The molecule has 1 aromatic heterocycles. The number of aromatic hydroxyl groups is 1. The zero-order chi connectivity index (χ0) is 18.7. The molecule has 3 rings (SSSR count). The minimum atomic E-state index is -0.345. The number of phenolic OH excluding ortho intramolecular Hbond substituents is 1. The lowest BCUT2D eigenvalue weighted by Gasteiger charge is -2.12. The standard InChI is InChI=1S/C20H18O6/c1-23-17-11-20(25-3)19(24-2)9-12(17)4-5-15(21)14-8-13-6-7-26-18(13)10-16(14)22/h4-11,22H,1-3H3/b5-4+. The lowest BCUT2D eigenvalue weighted by Crippen LogP contribution is -1.96. The third-order valence-electron chi connectivity index (χ3n) is 3.99. The van der Waals surface area contributed by atoms with Crippen LogP contribution in [0.4, 0.5) is 0 Å². The third kappa shape index (κ3) is 3.21. The van der Waals surface area contributed by atoms with Crippen LogP contribution >= 0.6 is 0 Å². The summed E-state index contributed by atoms with van der Waals surface area (Å²) in [5, 5.41) is 10.8. The molecule has 0 atom stereocenters. The summed E-state index contributed by atoms with van der Waals surface area (Å²) in [5.41, 5.74) is 1.35. The van der Waals surface area contributed by atoms with Gasteiger partial charge in [0.1, 0.15) is 17.1 Å². The Bertz CT molecular complexity index is 983. The smallest absolute Gasteiger partial charge is 0.189 e. The maximum absolute atomic E-state index is 12.5. The van der Waals surface area contributed by atoms with Gasteiger partial charge >= 0.3 is 0 Å². The zero-order valence-electron chi connectivity index (χ0n) is 14.6. The molecule has 2 aromatic carbocycles. The van der Waals surface area contributed by atoms with Crippen LogP contribution in [0, 0.1) is 0 Å². The highest BCUT2D eigenvalue weighted by Crippen LogP contribution is 2.35. The van der Waals surface area contributed by atoms with E-state index in [1.165, 1.54) is 39.7 Å². The second kappa shape index (κ2) is 7.23. The number of rotatable bonds is 6. The monoisotopic (exact) mass is 354 g/mol. The summed E-state index contributed by atoms with van der Waals surface area (Å²) in [6.07, 6.45) is 4.47. The van der Waals surface area contributed by atoms with Crippen molar-refractivity contribution < 1.29 is 28.5 Å². The van der Waals surface area contributed by atoms with Gasteiger partial charge in [0.05, 0.1) is 33.2 Å². The highest BCUT2D eigenvalue weighted by Gasteiger charge is 2.13. The van der Waals surface area contributed by atoms with Gasteiger partial charge in [-0.2, -0.15) is 0 Å². The highest BCUT2D eigenvalue weighted by molar-refractivity contribution is 6.10. The Labute approximate surface area is 150 Å². The fourth-order valence-corrected chi connectivity index (χ4v) is 2.63. The summed E-state index contributed by atoms with van der Waals surface area (Å²) in [6.45, 7) is 0. The number of methoxy groups -OCH3 is 3. The average molecular weight is 354 g/mol. The average Bonchev–Trinajstić information content (AvgIpc) is 3.11. The van der Waals surface area contributed by atoms with Gasteiger partial charge in [0.25, 0.3) is 0 Å². The number of ether oxygens (including phenoxy) is 3. The van der Waals surface area contributed by atoms with Crippen LogP contribution in [0.2, 0.25) is 0 Å². The fraction of sp³-hybridized carbons (Fsp3) is 0.150. The largest absolute Gasteiger partial charge is 0.507 e. The lowest BCUT2D eigenvalue weighted by atomic mass is 10.1. The van der Waals surface area contributed by atoms with Gasteiger partial charge in [-0.1, -0.05) is 0 Å². The Morgan fingerprint density at radius 1 is 1.00 bits per heavy atom. The molecule has 134 valence electrons. The third-order valence-corrected chi connectivity index (χ3v) is 3.99. The minimum Gasteiger partial charge on any atom is -0.507 e. The van der Waals surface area contributed by atoms with Crippen LogP contribution in [0.5, 0.6) is 23.0 Å². The van der Waals surface area contributed by atoms with Crippen molar-refractivity contribution in [3.63, 3.8) is 0 Å². The molecule has 0 unspecified atom stereocenters. The Morgan fingerprint density at radius 2 is 1.69 bits per heavy atom. The number of phenols is 1. The molecule has 0 aliphatic heterocycles. The van der Waals surface area contributed by atoms with Crippen molar-refractivity contribution in [1.29, 1.82) is 0 Å². The Morgan fingerprint density at radius 3 is 2.38 bits per heavy atom. The van der Waals surface area contributed by atoms with Crippen LogP contribution in [0.1, 0.15) is 15.9 Å². The van der Waals surface area contributed by atoms with E-state index in [9.17, 15) is 9.90 Å². The van der Waals surface area contributed by atoms with E-state index in [4.69, 9.17) is 18.6 Å². The van der Waals surface area contributed by atoms with E-state index in [1.54, 1.807) is 30.3 Å². The van der Waals surface area contributed by atoms with Gasteiger partial charge in [0.15, 0.2) is 17.3 Å². The van der Waals surface area contributed by atoms with Crippen molar-refractivity contribution in [3.8, 4) is 23.0 Å². The van der Waals surface area contributed by atoms with Crippen molar-refractivity contribution in [3.05, 3.63) is 53.8 Å². The predicted molar refractivity (Wildman–Crippen MR) is 97.3 cm³/mol. The number of fused-ring (bicyclic) bond motifs is 1. The van der Waals surface area contributed by atoms with E-state index >= 15 is 0 Å². The Balaban J connectivity index is 1.95. The van der Waals surface area contributed by atoms with E-state index in [-0.39, 0.29) is 17.1 Å². The van der Waals surface area contributed by atoms with Crippen molar-refractivity contribution in [1.82, 2.24) is 0 Å². The lowest BCUT2D eigenvalue weighted by molar-refractivity contribution is 0.104. The molecule has 3 aromatic rings. The second-order valence-corrected chi connectivity index (χ2v) is 5.47. The first-order valence-electron chi connectivity index (χ1n) is 7.80. The van der Waals surface area contributed by atoms with Crippen LogP contribution in [0.15, 0.2) is 47.1 Å². The van der Waals surface area contributed by atoms with Crippen LogP contribution in [-0.4, -0.2) is 32.2 Å². The molecular formula is C20H18O6. The molecule has 0 spiro atoms. The Kier molecular flexibility index (Phi) is 4.84. The molecule has 0 saturated heterocycles. The molecular weight excluding hydrogens is 336 g/mol. The predicted octanol–water partition coefficient (Wildman–Crippen LogP) is 4.06. The van der Waals surface area contributed by atoms with Gasteiger partial charge in [-0.15, -0.1) is 0 Å². The number of hydrogen-bond acceptors (Lipinski definition) is 6. The van der Waals surface area contributed by atoms with Crippen molar-refractivity contribution in [2.45, 2.75) is 0 Å². The quantitative estimate of drug-likeness (QED) is 0.531. The van der Waals surface area contributed by atoms with Gasteiger partial charge in [0, 0.05) is 23.1 Å². The van der Waals surface area contributed by atoms with E-state index in [0.29, 0.717) is 28.4 Å². The van der Waals surface area contributed by atoms with Crippen LogP contribution in [-0.2, 0) is 0 Å². The minimum absolute atomic E-state index is 0.138. The SMILES string of the molecule is COc1cc(OC)c(OC)cc1/C=C/C(=O)c1cc2ccoc2cc1O. The maximum Gasteiger partial charge on any atom is 0.189 e. The number of carbonyl (C=O) groups excluding carboxylic acids is 1. The van der Waals surface area contributed by atoms with Crippen LogP contribution < -0.4 is 14.2 Å². The number of ketones is 1. The topological polar surface area (TPSA) is 78.1 Å². The van der Waals surface area contributed by atoms with Gasteiger partial charge in [-0.3, -0.25) is 4.79 Å². The molecule has 1 heterocycles. The number of benzene rings is 2. The first-order valence-corrected chi connectivity index (χ1v) is 7.80. The molecule has 0 saturated carbocycles. The summed E-state index contributed by atoms with van der Waals surface area (Å²) in [7, 11) is 4.59. The van der Waals surface area contributed by atoms with E-state index in [2.05, 4.69) is 0 Å². The molecule has 0 aliphatic carbocycles. The molecule has 26 heavy (non-hydrogen) atoms. The number of carbonyl (C=O) groups is 1. The molecule has 0 fully saturated rings. The maximum atomic E-state index is 12.5. The summed E-state index contributed by atoms with van der Waals surface area (Å²) in [4.78, 5) is 12.5. The van der Waals surface area contributed by atoms with E-state index in [0.717, 1.165) is 5.39 Å². The van der Waals surface area contributed by atoms with Crippen molar-refractivity contribution in [2.24, 2.45) is 0 Å². The van der Waals surface area contributed by atoms with Gasteiger partial charge in [-0.25, -0.2) is 0 Å². The Hall–Kier alpha value is -3.41. The molecule has 0 amide bonds. The molecule has 0 bridgehead atoms. The summed E-state index contributed by atoms with van der Waals surface area (Å²) < 4.78 is 21.1. The summed E-state index contributed by atoms with van der Waals surface area (Å²) >= 11 is 0. The number of hydrogen-bond donors (Lipinski definition) is 1. The van der Waals surface area contributed by atoms with E-state index < -0.39 is 0 Å². The van der Waals surface area contributed by atoms with E-state index in [1.807, 2.05) is 0 Å². The molecule has 6 nitrogen and oxygen atoms in total. The first kappa shape index (κ1) is 17.4. The zero-order valence-corrected chi connectivity index (χ0v) is 14.6. The first-order chi connectivity index (χ1) is 12.6. The van der Waals surface area contributed by atoms with Crippen molar-refractivity contribution >= 4 is 22.8 Å². The molecule has 1 N–H and O–H groups in total. The summed E-state index contributed by atoms with van der Waals surface area (Å²) in [6, 6.07) is 8.13. The number of allylic oxidation sites excluding steroid dienone is 1. The van der Waals surface area contributed by atoms with Gasteiger partial charge in [0.2, 0.25) is 0 Å². The normalized spacial score (nSPS) is 11.0. The highest BCUT2D eigenvalue weighted by atomic mass is 16.5. The molecule has 6 heteroatoms. The number of furan rings is 1. The fourth-order valence-electron chi connectivity index (χ4n) is 2.63.